The highest BCUT2D eigenvalue weighted by Crippen LogP contribution is 2.32. The minimum atomic E-state index is 0.0821. The van der Waals surface area contributed by atoms with E-state index in [4.69, 9.17) is 4.74 Å². The molecule has 0 N–H and O–H groups in total. The largest absolute Gasteiger partial charge is 0.374 e. The molecule has 1 aromatic carbocycles. The van der Waals surface area contributed by atoms with Gasteiger partial charge in [0, 0.05) is 24.6 Å². The Morgan fingerprint density at radius 2 is 1.94 bits per heavy atom. The zero-order valence-electron chi connectivity index (χ0n) is 10.6. The fourth-order valence-corrected chi connectivity index (χ4v) is 2.95. The van der Waals surface area contributed by atoms with Crippen molar-refractivity contribution in [2.75, 3.05) is 7.11 Å². The highest BCUT2D eigenvalue weighted by Gasteiger charge is 2.47. The molecule has 0 amide bonds. The minimum Gasteiger partial charge on any atom is -0.374 e. The summed E-state index contributed by atoms with van der Waals surface area (Å²) in [5.41, 5.74) is 2.75. The van der Waals surface area contributed by atoms with Crippen LogP contribution in [-0.2, 0) is 16.7 Å². The van der Waals surface area contributed by atoms with E-state index < -0.39 is 0 Å². The van der Waals surface area contributed by atoms with Crippen LogP contribution in [0.4, 0.5) is 0 Å². The summed E-state index contributed by atoms with van der Waals surface area (Å²) in [4.78, 5) is 0. The summed E-state index contributed by atoms with van der Waals surface area (Å²) in [5, 5.41) is 1.30. The third kappa shape index (κ3) is 1.40. The van der Waals surface area contributed by atoms with Gasteiger partial charge in [-0.1, -0.05) is 12.1 Å². The van der Waals surface area contributed by atoms with E-state index in [-0.39, 0.29) is 11.5 Å². The number of benzene rings is 1. The third-order valence-electron chi connectivity index (χ3n) is 4.04. The van der Waals surface area contributed by atoms with Gasteiger partial charge in [-0.3, -0.25) is 0 Å². The lowest BCUT2D eigenvalue weighted by atomic mass is 9.85. The Morgan fingerprint density at radius 3 is 2.71 bits per heavy atom. The molecule has 0 spiro atoms. The summed E-state index contributed by atoms with van der Waals surface area (Å²) in [6, 6.07) is 13.0. The van der Waals surface area contributed by atoms with E-state index in [1.165, 1.54) is 16.6 Å². The molecule has 0 fully saturated rings. The van der Waals surface area contributed by atoms with Gasteiger partial charge >= 0.3 is 0 Å². The molecule has 1 aliphatic rings. The molecule has 88 valence electrons. The fraction of sp³-hybridized carbons (Fsp3) is 0.400. The van der Waals surface area contributed by atoms with Crippen LogP contribution in [-0.4, -0.2) is 13.2 Å². The Kier molecular flexibility index (Phi) is 2.23. The first-order valence-electron chi connectivity index (χ1n) is 6.09. The number of hydrogen-bond donors (Lipinski definition) is 0. The number of ether oxygens (including phenoxy) is 1. The van der Waals surface area contributed by atoms with Crippen LogP contribution in [0.15, 0.2) is 36.4 Å². The number of para-hydroxylation sites is 1. The first-order valence-corrected chi connectivity index (χ1v) is 6.09. The summed E-state index contributed by atoms with van der Waals surface area (Å²) in [5.74, 6) is 0. The van der Waals surface area contributed by atoms with Gasteiger partial charge in [-0.15, -0.1) is 0 Å². The van der Waals surface area contributed by atoms with Gasteiger partial charge < -0.3 is 4.74 Å². The Morgan fingerprint density at radius 1 is 1.18 bits per heavy atom. The molecule has 17 heavy (non-hydrogen) atoms. The highest BCUT2D eigenvalue weighted by atomic mass is 16.5. The van der Waals surface area contributed by atoms with E-state index in [1.54, 1.807) is 7.11 Å². The fourth-order valence-electron chi connectivity index (χ4n) is 2.95. The van der Waals surface area contributed by atoms with E-state index in [0.717, 1.165) is 6.54 Å². The van der Waals surface area contributed by atoms with Gasteiger partial charge in [0.15, 0.2) is 12.2 Å². The van der Waals surface area contributed by atoms with E-state index in [0.29, 0.717) is 0 Å². The lowest BCUT2D eigenvalue weighted by molar-refractivity contribution is -0.669. The monoisotopic (exact) mass is 228 g/mol. The molecular weight excluding hydrogens is 210 g/mol. The SMILES string of the molecule is COC1C[n+]2c(ccc3ccccc32)C1(C)C. The van der Waals surface area contributed by atoms with Crippen molar-refractivity contribution in [3.8, 4) is 0 Å². The van der Waals surface area contributed by atoms with Gasteiger partial charge in [0.25, 0.3) is 0 Å². The van der Waals surface area contributed by atoms with Gasteiger partial charge in [0.05, 0.1) is 5.41 Å². The summed E-state index contributed by atoms with van der Waals surface area (Å²) in [7, 11) is 1.81. The van der Waals surface area contributed by atoms with Crippen LogP contribution < -0.4 is 4.57 Å². The van der Waals surface area contributed by atoms with Crippen LogP contribution in [0.25, 0.3) is 10.9 Å². The summed E-state index contributed by atoms with van der Waals surface area (Å²) >= 11 is 0. The highest BCUT2D eigenvalue weighted by molar-refractivity contribution is 5.75. The average molecular weight is 228 g/mol. The maximum absolute atomic E-state index is 5.64. The molecular formula is C15H18NO+. The molecule has 2 nitrogen and oxygen atoms in total. The van der Waals surface area contributed by atoms with Crippen molar-refractivity contribution in [2.24, 2.45) is 0 Å². The van der Waals surface area contributed by atoms with E-state index in [1.807, 2.05) is 0 Å². The van der Waals surface area contributed by atoms with E-state index in [9.17, 15) is 0 Å². The maximum atomic E-state index is 5.64. The molecule has 0 saturated carbocycles. The lowest BCUT2D eigenvalue weighted by Gasteiger charge is -2.20. The van der Waals surface area contributed by atoms with Crippen LogP contribution in [0.2, 0.25) is 0 Å². The van der Waals surface area contributed by atoms with Crippen molar-refractivity contribution >= 4 is 10.9 Å². The van der Waals surface area contributed by atoms with Crippen molar-refractivity contribution in [1.82, 2.24) is 0 Å². The van der Waals surface area contributed by atoms with Crippen LogP contribution in [0.5, 0.6) is 0 Å². The summed E-state index contributed by atoms with van der Waals surface area (Å²) in [6.45, 7) is 5.46. The van der Waals surface area contributed by atoms with Gasteiger partial charge in [-0.05, 0) is 26.0 Å². The maximum Gasteiger partial charge on any atom is 0.212 e. The number of aromatic nitrogens is 1. The van der Waals surface area contributed by atoms with Crippen LogP contribution in [0, 0.1) is 0 Å². The number of fused-ring (bicyclic) bond motifs is 3. The minimum absolute atomic E-state index is 0.0821. The lowest BCUT2D eigenvalue weighted by Crippen LogP contribution is -2.36. The second kappa shape index (κ2) is 3.54. The molecule has 1 unspecified atom stereocenters. The molecule has 1 atom stereocenters. The van der Waals surface area contributed by atoms with Crippen molar-refractivity contribution in [2.45, 2.75) is 31.9 Å². The normalized spacial score (nSPS) is 21.7. The molecule has 2 aromatic rings. The number of rotatable bonds is 1. The number of hydrogen-bond acceptors (Lipinski definition) is 1. The van der Waals surface area contributed by atoms with E-state index >= 15 is 0 Å². The van der Waals surface area contributed by atoms with Gasteiger partial charge in [0.2, 0.25) is 5.52 Å². The molecule has 0 bridgehead atoms. The number of pyridine rings is 1. The molecule has 0 radical (unpaired) electrons. The second-order valence-electron chi connectivity index (χ2n) is 5.33. The smallest absolute Gasteiger partial charge is 0.212 e. The standard InChI is InChI=1S/C15H18NO/c1-15(2)13-9-8-11-6-4-5-7-12(11)16(13)10-14(15)17-3/h4-9,14H,10H2,1-3H3/q+1. The zero-order chi connectivity index (χ0) is 12.0. The van der Waals surface area contributed by atoms with Crippen molar-refractivity contribution in [1.29, 1.82) is 0 Å². The first-order chi connectivity index (χ1) is 8.14. The quantitative estimate of drug-likeness (QED) is 0.683. The first kappa shape index (κ1) is 10.7. The Hall–Kier alpha value is -1.41. The third-order valence-corrected chi connectivity index (χ3v) is 4.04. The molecule has 0 saturated heterocycles. The topological polar surface area (TPSA) is 13.1 Å². The van der Waals surface area contributed by atoms with Crippen LogP contribution >= 0.6 is 0 Å². The van der Waals surface area contributed by atoms with Gasteiger partial charge in [-0.25, -0.2) is 0 Å². The predicted octanol–water partition coefficient (Wildman–Crippen LogP) is 2.43. The molecule has 0 aliphatic carbocycles. The predicted molar refractivity (Wildman–Crippen MR) is 68.0 cm³/mol. The van der Waals surface area contributed by atoms with Gasteiger partial charge in [0.1, 0.15) is 6.10 Å². The molecule has 2 heterocycles. The Labute approximate surface area is 102 Å². The van der Waals surface area contributed by atoms with E-state index in [2.05, 4.69) is 54.8 Å². The molecule has 1 aliphatic heterocycles. The summed E-state index contributed by atoms with van der Waals surface area (Å²) in [6.07, 6.45) is 0.258. The Balaban J connectivity index is 2.28. The average Bonchev–Trinajstić information content (AvgIpc) is 2.61. The molecule has 3 rings (SSSR count). The summed E-state index contributed by atoms with van der Waals surface area (Å²) < 4.78 is 8.03. The number of nitrogens with zero attached hydrogens (tertiary/aromatic N) is 1. The van der Waals surface area contributed by atoms with Crippen LogP contribution in [0.3, 0.4) is 0 Å². The number of methoxy groups -OCH3 is 1. The van der Waals surface area contributed by atoms with Crippen molar-refractivity contribution in [3.05, 3.63) is 42.1 Å². The zero-order valence-corrected chi connectivity index (χ0v) is 10.6. The van der Waals surface area contributed by atoms with Crippen LogP contribution in [0.1, 0.15) is 19.5 Å². The van der Waals surface area contributed by atoms with Gasteiger partial charge in [-0.2, -0.15) is 4.57 Å². The molecule has 2 heteroatoms. The molecule has 1 aromatic heterocycles. The van der Waals surface area contributed by atoms with Crippen molar-refractivity contribution < 1.29 is 9.30 Å². The Bertz CT molecular complexity index is 574. The second-order valence-corrected chi connectivity index (χ2v) is 5.33. The van der Waals surface area contributed by atoms with Crippen molar-refractivity contribution in [3.63, 3.8) is 0 Å².